The lowest BCUT2D eigenvalue weighted by Gasteiger charge is -2.36. The summed E-state index contributed by atoms with van der Waals surface area (Å²) in [6.45, 7) is 4.32. The Morgan fingerprint density at radius 2 is 2.10 bits per heavy atom. The SMILES string of the molecule is CCOC1CCCN(C(=O)N(CCC(=O)O)C2CC2)C1. The van der Waals surface area contributed by atoms with Crippen LogP contribution in [0.5, 0.6) is 0 Å². The minimum Gasteiger partial charge on any atom is -0.481 e. The second-order valence-electron chi connectivity index (χ2n) is 5.52. The molecule has 2 rings (SSSR count). The summed E-state index contributed by atoms with van der Waals surface area (Å²) in [5.41, 5.74) is 0. The third-order valence-corrected chi connectivity index (χ3v) is 3.85. The number of carboxylic acids is 1. The van der Waals surface area contributed by atoms with Crippen molar-refractivity contribution in [3.05, 3.63) is 0 Å². The molecule has 1 unspecified atom stereocenters. The van der Waals surface area contributed by atoms with Gasteiger partial charge in [-0.1, -0.05) is 0 Å². The Bertz CT molecular complexity index is 355. The number of urea groups is 1. The monoisotopic (exact) mass is 284 g/mol. The zero-order valence-corrected chi connectivity index (χ0v) is 12.1. The van der Waals surface area contributed by atoms with Gasteiger partial charge >= 0.3 is 12.0 Å². The standard InChI is InChI=1S/C14H24N2O4/c1-2-20-12-4-3-8-15(10-12)14(19)16(11-5-6-11)9-7-13(17)18/h11-12H,2-10H2,1H3,(H,17,18). The molecule has 1 saturated heterocycles. The quantitative estimate of drug-likeness (QED) is 0.803. The van der Waals surface area contributed by atoms with Gasteiger partial charge < -0.3 is 19.6 Å². The molecule has 20 heavy (non-hydrogen) atoms. The molecule has 1 atom stereocenters. The number of carbonyl (C=O) groups is 2. The van der Waals surface area contributed by atoms with Gasteiger partial charge in [0.05, 0.1) is 12.5 Å². The van der Waals surface area contributed by atoms with Gasteiger partial charge in [-0.2, -0.15) is 0 Å². The molecular formula is C14H24N2O4. The fourth-order valence-corrected chi connectivity index (χ4v) is 2.70. The first kappa shape index (κ1) is 15.1. The zero-order valence-electron chi connectivity index (χ0n) is 12.1. The van der Waals surface area contributed by atoms with E-state index in [0.717, 1.165) is 32.2 Å². The average molecular weight is 284 g/mol. The number of carboxylic acid groups (broad SMARTS) is 1. The third-order valence-electron chi connectivity index (χ3n) is 3.85. The molecule has 114 valence electrons. The summed E-state index contributed by atoms with van der Waals surface area (Å²) in [6, 6.07) is 0.229. The van der Waals surface area contributed by atoms with Crippen molar-refractivity contribution in [2.24, 2.45) is 0 Å². The Kier molecular flexibility index (Phi) is 5.23. The molecule has 0 aromatic heterocycles. The lowest BCUT2D eigenvalue weighted by Crippen LogP contribution is -2.50. The molecule has 6 nitrogen and oxygen atoms in total. The number of piperidine rings is 1. The topological polar surface area (TPSA) is 70.1 Å². The van der Waals surface area contributed by atoms with Crippen LogP contribution in [0.3, 0.4) is 0 Å². The first-order valence-electron chi connectivity index (χ1n) is 7.50. The largest absolute Gasteiger partial charge is 0.481 e. The first-order chi connectivity index (χ1) is 9.61. The Balaban J connectivity index is 1.90. The lowest BCUT2D eigenvalue weighted by molar-refractivity contribution is -0.137. The van der Waals surface area contributed by atoms with Gasteiger partial charge in [0.15, 0.2) is 0 Å². The van der Waals surface area contributed by atoms with Crippen LogP contribution in [0, 0.1) is 0 Å². The highest BCUT2D eigenvalue weighted by molar-refractivity contribution is 5.76. The van der Waals surface area contributed by atoms with Crippen molar-refractivity contribution >= 4 is 12.0 Å². The van der Waals surface area contributed by atoms with E-state index < -0.39 is 5.97 Å². The summed E-state index contributed by atoms with van der Waals surface area (Å²) in [6.07, 6.45) is 4.08. The zero-order chi connectivity index (χ0) is 14.5. The molecule has 1 aliphatic heterocycles. The Labute approximate surface area is 119 Å². The predicted molar refractivity (Wildman–Crippen MR) is 73.6 cm³/mol. The summed E-state index contributed by atoms with van der Waals surface area (Å²) >= 11 is 0. The van der Waals surface area contributed by atoms with Crippen LogP contribution in [-0.4, -0.2) is 65.3 Å². The van der Waals surface area contributed by atoms with Crippen molar-refractivity contribution in [1.29, 1.82) is 0 Å². The van der Waals surface area contributed by atoms with E-state index >= 15 is 0 Å². The molecule has 1 N–H and O–H groups in total. The number of hydrogen-bond acceptors (Lipinski definition) is 3. The van der Waals surface area contributed by atoms with E-state index in [0.29, 0.717) is 19.7 Å². The normalized spacial score (nSPS) is 22.6. The van der Waals surface area contributed by atoms with E-state index in [2.05, 4.69) is 0 Å². The van der Waals surface area contributed by atoms with Gasteiger partial charge in [0, 0.05) is 32.3 Å². The predicted octanol–water partition coefficient (Wildman–Crippen LogP) is 1.55. The van der Waals surface area contributed by atoms with Crippen LogP contribution < -0.4 is 0 Å². The average Bonchev–Trinajstić information content (AvgIpc) is 3.24. The molecule has 6 heteroatoms. The van der Waals surface area contributed by atoms with Gasteiger partial charge in [0.25, 0.3) is 0 Å². The number of aliphatic carboxylic acids is 1. The van der Waals surface area contributed by atoms with Gasteiger partial charge in [-0.05, 0) is 32.6 Å². The second-order valence-corrected chi connectivity index (χ2v) is 5.52. The molecule has 1 aliphatic carbocycles. The van der Waals surface area contributed by atoms with Crippen LogP contribution in [-0.2, 0) is 9.53 Å². The lowest BCUT2D eigenvalue weighted by atomic mass is 10.1. The van der Waals surface area contributed by atoms with Crippen LogP contribution in [0.25, 0.3) is 0 Å². The molecule has 2 aliphatic rings. The Hall–Kier alpha value is -1.30. The van der Waals surface area contributed by atoms with Crippen molar-refractivity contribution in [2.75, 3.05) is 26.2 Å². The van der Waals surface area contributed by atoms with E-state index in [1.807, 2.05) is 11.8 Å². The number of carbonyl (C=O) groups excluding carboxylic acids is 1. The molecule has 0 aromatic carbocycles. The number of hydrogen-bond donors (Lipinski definition) is 1. The highest BCUT2D eigenvalue weighted by Crippen LogP contribution is 2.28. The molecule has 1 saturated carbocycles. The molecule has 0 bridgehead atoms. The molecule has 0 aromatic rings. The highest BCUT2D eigenvalue weighted by atomic mass is 16.5. The fourth-order valence-electron chi connectivity index (χ4n) is 2.70. The maximum Gasteiger partial charge on any atom is 0.320 e. The van der Waals surface area contributed by atoms with Crippen molar-refractivity contribution in [3.8, 4) is 0 Å². The van der Waals surface area contributed by atoms with Crippen molar-refractivity contribution < 1.29 is 19.4 Å². The molecular weight excluding hydrogens is 260 g/mol. The number of nitrogens with zero attached hydrogens (tertiary/aromatic N) is 2. The first-order valence-corrected chi connectivity index (χ1v) is 7.50. The summed E-state index contributed by atoms with van der Waals surface area (Å²) < 4.78 is 5.61. The van der Waals surface area contributed by atoms with Gasteiger partial charge in [-0.15, -0.1) is 0 Å². The Morgan fingerprint density at radius 3 is 2.70 bits per heavy atom. The van der Waals surface area contributed by atoms with E-state index in [4.69, 9.17) is 9.84 Å². The van der Waals surface area contributed by atoms with E-state index in [9.17, 15) is 9.59 Å². The maximum atomic E-state index is 12.5. The Morgan fingerprint density at radius 1 is 1.35 bits per heavy atom. The maximum absolute atomic E-state index is 12.5. The number of likely N-dealkylation sites (tertiary alicyclic amines) is 1. The van der Waals surface area contributed by atoms with Crippen molar-refractivity contribution in [3.63, 3.8) is 0 Å². The summed E-state index contributed by atoms with van der Waals surface area (Å²) in [5.74, 6) is -0.853. The minimum atomic E-state index is -0.853. The van der Waals surface area contributed by atoms with E-state index in [-0.39, 0.29) is 24.6 Å². The molecule has 1 heterocycles. The van der Waals surface area contributed by atoms with Crippen LogP contribution in [0.4, 0.5) is 4.79 Å². The van der Waals surface area contributed by atoms with E-state index in [1.165, 1.54) is 0 Å². The fraction of sp³-hybridized carbons (Fsp3) is 0.857. The molecule has 0 spiro atoms. The number of ether oxygens (including phenoxy) is 1. The number of amides is 2. The minimum absolute atomic E-state index is 0.0156. The van der Waals surface area contributed by atoms with Crippen LogP contribution in [0.15, 0.2) is 0 Å². The second kappa shape index (κ2) is 6.92. The van der Waals surface area contributed by atoms with Gasteiger partial charge in [-0.25, -0.2) is 4.79 Å². The van der Waals surface area contributed by atoms with Crippen LogP contribution in [0.2, 0.25) is 0 Å². The smallest absolute Gasteiger partial charge is 0.320 e. The number of rotatable bonds is 6. The van der Waals surface area contributed by atoms with Crippen LogP contribution in [0.1, 0.15) is 39.0 Å². The summed E-state index contributed by atoms with van der Waals surface area (Å²) in [5, 5.41) is 8.80. The summed E-state index contributed by atoms with van der Waals surface area (Å²) in [7, 11) is 0. The van der Waals surface area contributed by atoms with Crippen molar-refractivity contribution in [2.45, 2.75) is 51.2 Å². The van der Waals surface area contributed by atoms with Gasteiger partial charge in [-0.3, -0.25) is 4.79 Å². The third kappa shape index (κ3) is 4.10. The highest BCUT2D eigenvalue weighted by Gasteiger charge is 2.36. The van der Waals surface area contributed by atoms with Gasteiger partial charge in [0.2, 0.25) is 0 Å². The molecule has 0 radical (unpaired) electrons. The molecule has 2 fully saturated rings. The van der Waals surface area contributed by atoms with E-state index in [1.54, 1.807) is 4.90 Å². The molecule has 2 amide bonds. The summed E-state index contributed by atoms with van der Waals surface area (Å²) in [4.78, 5) is 26.8. The van der Waals surface area contributed by atoms with Crippen molar-refractivity contribution in [1.82, 2.24) is 9.80 Å². The van der Waals surface area contributed by atoms with Crippen LogP contribution >= 0.6 is 0 Å². The van der Waals surface area contributed by atoms with Gasteiger partial charge in [0.1, 0.15) is 0 Å².